The molecular formula is C18H25N5O2S2. The summed E-state index contributed by atoms with van der Waals surface area (Å²) in [6.45, 7) is 3.41. The molecule has 2 aromatic heterocycles. The zero-order chi connectivity index (χ0) is 19.6. The van der Waals surface area contributed by atoms with E-state index in [1.807, 2.05) is 0 Å². The van der Waals surface area contributed by atoms with Crippen molar-refractivity contribution in [2.75, 3.05) is 5.32 Å². The lowest BCUT2D eigenvalue weighted by atomic mass is 10.0. The molecule has 146 valence electrons. The number of pyridine rings is 1. The Morgan fingerprint density at radius 3 is 2.48 bits per heavy atom. The molecule has 2 aliphatic rings. The second kappa shape index (κ2) is 8.14. The summed E-state index contributed by atoms with van der Waals surface area (Å²) >= 11 is 2.57. The van der Waals surface area contributed by atoms with Gasteiger partial charge in [-0.25, -0.2) is 14.8 Å². The highest BCUT2D eigenvalue weighted by molar-refractivity contribution is 7.99. The Labute approximate surface area is 167 Å². The van der Waals surface area contributed by atoms with Gasteiger partial charge in [0, 0.05) is 5.69 Å². The van der Waals surface area contributed by atoms with Crippen LogP contribution in [0.5, 0.6) is 0 Å². The number of nitrogens with two attached hydrogens (primary N) is 2. The number of amides is 2. The van der Waals surface area contributed by atoms with Crippen molar-refractivity contribution in [2.45, 2.75) is 62.2 Å². The highest BCUT2D eigenvalue weighted by Gasteiger charge is 2.26. The number of rotatable bonds is 3. The summed E-state index contributed by atoms with van der Waals surface area (Å²) in [5, 5.41) is 18.2. The largest absolute Gasteiger partial charge is 0.383 e. The zero-order valence-corrected chi connectivity index (χ0v) is 17.2. The Morgan fingerprint density at radius 2 is 1.89 bits per heavy atom. The van der Waals surface area contributed by atoms with Crippen LogP contribution in [-0.4, -0.2) is 21.1 Å². The summed E-state index contributed by atoms with van der Waals surface area (Å²) in [5.74, 6) is 0.709. The van der Waals surface area contributed by atoms with Gasteiger partial charge in [0.2, 0.25) is 0 Å². The van der Waals surface area contributed by atoms with Gasteiger partial charge in [-0.15, -0.1) is 11.3 Å². The molecule has 0 aliphatic heterocycles. The van der Waals surface area contributed by atoms with Gasteiger partial charge in [-0.05, 0) is 81.0 Å². The van der Waals surface area contributed by atoms with Crippen molar-refractivity contribution < 1.29 is 9.90 Å². The molecule has 0 saturated heterocycles. The fraction of sp³-hybridized carbons (Fsp3) is 0.500. The fourth-order valence-corrected chi connectivity index (χ4v) is 4.73. The van der Waals surface area contributed by atoms with Crippen LogP contribution in [0.15, 0.2) is 10.4 Å². The van der Waals surface area contributed by atoms with Crippen molar-refractivity contribution >= 4 is 35.1 Å². The number of aliphatic hydroxyl groups is 1. The van der Waals surface area contributed by atoms with Gasteiger partial charge in [0.25, 0.3) is 0 Å². The third-order valence-electron chi connectivity index (χ3n) is 4.67. The molecule has 2 aromatic rings. The lowest BCUT2D eigenvalue weighted by molar-refractivity contribution is 0.0783. The second-order valence-corrected chi connectivity index (χ2v) is 9.17. The molecule has 0 aromatic carbocycles. The van der Waals surface area contributed by atoms with E-state index in [0.717, 1.165) is 41.8 Å². The number of anilines is 1. The number of aromatic nitrogens is 2. The van der Waals surface area contributed by atoms with Crippen molar-refractivity contribution in [3.05, 3.63) is 33.6 Å². The minimum atomic E-state index is -0.849. The first kappa shape index (κ1) is 20.1. The first-order valence-corrected chi connectivity index (χ1v) is 10.6. The highest BCUT2D eigenvalue weighted by atomic mass is 32.2. The molecule has 0 atom stereocenters. The van der Waals surface area contributed by atoms with Gasteiger partial charge in [0.1, 0.15) is 16.4 Å². The number of carbonyl (C=O) groups is 1. The predicted molar refractivity (Wildman–Crippen MR) is 109 cm³/mol. The number of hydrogen-bond donors (Lipinski definition) is 4. The van der Waals surface area contributed by atoms with Crippen molar-refractivity contribution in [3.8, 4) is 0 Å². The quantitative estimate of drug-likeness (QED) is 0.579. The lowest BCUT2D eigenvalue weighted by Gasteiger charge is -2.12. The number of hydrogen-bond acceptors (Lipinski definition) is 7. The minimum absolute atomic E-state index is 0.514. The van der Waals surface area contributed by atoms with E-state index >= 15 is 0 Å². The Bertz CT molecular complexity index is 845. The van der Waals surface area contributed by atoms with Crippen LogP contribution in [0.1, 0.15) is 54.1 Å². The first-order valence-electron chi connectivity index (χ1n) is 8.95. The maximum atomic E-state index is 10.9. The summed E-state index contributed by atoms with van der Waals surface area (Å²) in [7, 11) is 0. The van der Waals surface area contributed by atoms with Crippen LogP contribution in [0.25, 0.3) is 0 Å². The van der Waals surface area contributed by atoms with Gasteiger partial charge in [-0.1, -0.05) is 0 Å². The fourth-order valence-electron chi connectivity index (χ4n) is 3.53. The van der Waals surface area contributed by atoms with Crippen molar-refractivity contribution in [1.82, 2.24) is 9.97 Å². The Morgan fingerprint density at radius 1 is 1.22 bits per heavy atom. The summed E-state index contributed by atoms with van der Waals surface area (Å²) in [4.78, 5) is 19.5. The molecule has 27 heavy (non-hydrogen) atoms. The number of fused-ring (bicyclic) bond motifs is 3. The standard InChI is InChI=1S/C12H15N3O.C6H10N2OS2/c13-12(16)15-11-9-5-1-3-7(9)8-4-2-6-10(8)14-11;1-6(2,9)5-8-3-4(10-5)11-7/h1-6H2,(H3,13,14,15,16);3,9H,7H2,1-2H3. The minimum Gasteiger partial charge on any atom is -0.383 e. The van der Waals surface area contributed by atoms with E-state index in [-0.39, 0.29) is 0 Å². The first-order chi connectivity index (χ1) is 12.8. The third-order valence-corrected chi connectivity index (χ3v) is 6.65. The molecule has 0 bridgehead atoms. The Kier molecular flexibility index (Phi) is 6.05. The van der Waals surface area contributed by atoms with E-state index < -0.39 is 11.6 Å². The van der Waals surface area contributed by atoms with Gasteiger partial charge < -0.3 is 10.8 Å². The van der Waals surface area contributed by atoms with Crippen LogP contribution >= 0.6 is 23.3 Å². The highest BCUT2D eigenvalue weighted by Crippen LogP contribution is 2.35. The predicted octanol–water partition coefficient (Wildman–Crippen LogP) is 2.89. The number of aryl methyl sites for hydroxylation is 1. The van der Waals surface area contributed by atoms with E-state index in [4.69, 9.17) is 10.9 Å². The lowest BCUT2D eigenvalue weighted by Crippen LogP contribution is -2.21. The SMILES string of the molecule is CC(C)(O)c1ncc(SN)s1.NC(=O)Nc1nc2c(c3c1CCC3)CCC2. The maximum Gasteiger partial charge on any atom is 0.317 e. The van der Waals surface area contributed by atoms with Crippen LogP contribution in [0.2, 0.25) is 0 Å². The van der Waals surface area contributed by atoms with Crippen LogP contribution in [0.4, 0.5) is 10.6 Å². The van der Waals surface area contributed by atoms with E-state index in [9.17, 15) is 9.90 Å². The number of carbonyl (C=O) groups excluding carboxylic acids is 1. The molecule has 2 aliphatic carbocycles. The Balaban J connectivity index is 0.000000168. The molecular weight excluding hydrogens is 382 g/mol. The molecule has 0 saturated carbocycles. The second-order valence-electron chi connectivity index (χ2n) is 7.20. The van der Waals surface area contributed by atoms with Crippen molar-refractivity contribution in [3.63, 3.8) is 0 Å². The van der Waals surface area contributed by atoms with Crippen molar-refractivity contribution in [1.29, 1.82) is 0 Å². The average molecular weight is 408 g/mol. The van der Waals surface area contributed by atoms with Crippen LogP contribution in [0.3, 0.4) is 0 Å². The maximum absolute atomic E-state index is 10.9. The molecule has 9 heteroatoms. The molecule has 4 rings (SSSR count). The van der Waals surface area contributed by atoms with Gasteiger partial charge in [0.05, 0.1) is 10.4 Å². The van der Waals surface area contributed by atoms with Crippen LogP contribution < -0.4 is 16.2 Å². The van der Waals surface area contributed by atoms with E-state index in [1.165, 1.54) is 46.6 Å². The number of thiazole rings is 1. The smallest absolute Gasteiger partial charge is 0.317 e. The molecule has 7 nitrogen and oxygen atoms in total. The summed E-state index contributed by atoms with van der Waals surface area (Å²) in [5.41, 5.74) is 9.60. The van der Waals surface area contributed by atoms with Gasteiger partial charge in [-0.3, -0.25) is 10.5 Å². The van der Waals surface area contributed by atoms with Crippen LogP contribution in [0, 0.1) is 0 Å². The van der Waals surface area contributed by atoms with Crippen LogP contribution in [-0.2, 0) is 31.3 Å². The van der Waals surface area contributed by atoms with Gasteiger partial charge >= 0.3 is 6.03 Å². The number of nitrogens with one attached hydrogen (secondary N) is 1. The molecule has 0 spiro atoms. The van der Waals surface area contributed by atoms with Gasteiger partial charge in [0.15, 0.2) is 0 Å². The summed E-state index contributed by atoms with van der Waals surface area (Å²) in [6.07, 6.45) is 8.37. The zero-order valence-electron chi connectivity index (χ0n) is 15.5. The topological polar surface area (TPSA) is 127 Å². The number of nitrogens with zero attached hydrogens (tertiary/aromatic N) is 2. The summed E-state index contributed by atoms with van der Waals surface area (Å²) < 4.78 is 0.919. The molecule has 0 fully saturated rings. The molecule has 6 N–H and O–H groups in total. The number of primary amides is 1. The Hall–Kier alpha value is -1.68. The molecule has 2 heterocycles. The van der Waals surface area contributed by atoms with E-state index in [2.05, 4.69) is 15.3 Å². The average Bonchev–Trinajstić information content (AvgIpc) is 3.33. The molecule has 0 radical (unpaired) electrons. The van der Waals surface area contributed by atoms with E-state index in [1.54, 1.807) is 20.0 Å². The van der Waals surface area contributed by atoms with Crippen molar-refractivity contribution in [2.24, 2.45) is 10.9 Å². The summed E-state index contributed by atoms with van der Waals surface area (Å²) in [6, 6.07) is -0.514. The van der Waals surface area contributed by atoms with Gasteiger partial charge in [-0.2, -0.15) is 0 Å². The normalized spacial score (nSPS) is 15.0. The van der Waals surface area contributed by atoms with E-state index in [0.29, 0.717) is 10.8 Å². The molecule has 2 amide bonds. The molecule has 0 unspecified atom stereocenters. The monoisotopic (exact) mass is 407 g/mol. The third kappa shape index (κ3) is 4.60. The number of urea groups is 1.